The molecule has 3 rings (SSSR count). The first-order chi connectivity index (χ1) is 8.86. The number of hydrogen-bond acceptors (Lipinski definition) is 4. The van der Waals surface area contributed by atoms with E-state index < -0.39 is 0 Å². The molecule has 0 fully saturated rings. The lowest BCUT2D eigenvalue weighted by molar-refractivity contribution is 0.461. The molecule has 2 atom stereocenters. The maximum atomic E-state index is 6.38. The topological polar surface area (TPSA) is 64.7 Å². The van der Waals surface area contributed by atoms with Crippen molar-refractivity contribution in [2.24, 2.45) is 5.73 Å². The molecular formula is C14H16N4. The highest BCUT2D eigenvalue weighted by Crippen LogP contribution is 2.37. The third kappa shape index (κ3) is 1.99. The summed E-state index contributed by atoms with van der Waals surface area (Å²) in [6.45, 7) is 0. The van der Waals surface area contributed by atoms with Gasteiger partial charge < -0.3 is 5.73 Å². The summed E-state index contributed by atoms with van der Waals surface area (Å²) < 4.78 is 0. The lowest BCUT2D eigenvalue weighted by Gasteiger charge is -2.29. The second-order valence-corrected chi connectivity index (χ2v) is 4.75. The first kappa shape index (κ1) is 11.3. The van der Waals surface area contributed by atoms with Crippen LogP contribution in [0.4, 0.5) is 0 Å². The van der Waals surface area contributed by atoms with Gasteiger partial charge in [-0.05, 0) is 42.5 Å². The van der Waals surface area contributed by atoms with Crippen molar-refractivity contribution in [1.82, 2.24) is 15.2 Å². The minimum Gasteiger partial charge on any atom is -0.323 e. The van der Waals surface area contributed by atoms with Gasteiger partial charge in [-0.15, -0.1) is 0 Å². The first-order valence-corrected chi connectivity index (χ1v) is 6.32. The first-order valence-electron chi connectivity index (χ1n) is 6.32. The molecule has 0 spiro atoms. The quantitative estimate of drug-likeness (QED) is 0.871. The van der Waals surface area contributed by atoms with E-state index in [-0.39, 0.29) is 6.04 Å². The van der Waals surface area contributed by atoms with Crippen molar-refractivity contribution in [2.75, 3.05) is 0 Å². The zero-order valence-corrected chi connectivity index (χ0v) is 10.2. The van der Waals surface area contributed by atoms with Crippen molar-refractivity contribution in [2.45, 2.75) is 31.2 Å². The standard InChI is InChI=1S/C14H16N4/c15-13(11-6-8-17-18-9-11)12-5-1-3-10-4-2-7-16-14(10)12/h2,4,6-9,12-13H,1,3,5,15H2. The molecule has 0 radical (unpaired) electrons. The van der Waals surface area contributed by atoms with Crippen molar-refractivity contribution in [1.29, 1.82) is 0 Å². The number of hydrogen-bond donors (Lipinski definition) is 1. The van der Waals surface area contributed by atoms with Gasteiger partial charge in [-0.1, -0.05) is 6.07 Å². The molecule has 2 N–H and O–H groups in total. The number of aromatic nitrogens is 3. The molecule has 92 valence electrons. The highest BCUT2D eigenvalue weighted by Gasteiger charge is 2.27. The molecule has 0 aromatic carbocycles. The van der Waals surface area contributed by atoms with Crippen molar-refractivity contribution in [3.63, 3.8) is 0 Å². The second-order valence-electron chi connectivity index (χ2n) is 4.75. The van der Waals surface area contributed by atoms with E-state index in [4.69, 9.17) is 5.73 Å². The summed E-state index contributed by atoms with van der Waals surface area (Å²) in [5.41, 5.74) is 9.91. The number of fused-ring (bicyclic) bond motifs is 1. The fourth-order valence-electron chi connectivity index (χ4n) is 2.73. The van der Waals surface area contributed by atoms with Crippen LogP contribution in [0.25, 0.3) is 0 Å². The molecule has 0 bridgehead atoms. The summed E-state index contributed by atoms with van der Waals surface area (Å²) in [6, 6.07) is 6.05. The molecule has 0 saturated carbocycles. The molecule has 2 heterocycles. The fraction of sp³-hybridized carbons (Fsp3) is 0.357. The van der Waals surface area contributed by atoms with Crippen LogP contribution in [0, 0.1) is 0 Å². The minimum atomic E-state index is -0.0468. The van der Waals surface area contributed by atoms with Gasteiger partial charge in [0.2, 0.25) is 0 Å². The molecule has 0 aliphatic heterocycles. The maximum absolute atomic E-state index is 6.38. The highest BCUT2D eigenvalue weighted by atomic mass is 15.1. The van der Waals surface area contributed by atoms with Crippen LogP contribution in [0.3, 0.4) is 0 Å². The Labute approximate surface area is 106 Å². The van der Waals surface area contributed by atoms with Gasteiger partial charge in [-0.3, -0.25) is 4.98 Å². The van der Waals surface area contributed by atoms with Gasteiger partial charge in [0.1, 0.15) is 0 Å². The fourth-order valence-corrected chi connectivity index (χ4v) is 2.73. The molecule has 0 amide bonds. The van der Waals surface area contributed by atoms with Crippen LogP contribution >= 0.6 is 0 Å². The number of nitrogens with two attached hydrogens (primary N) is 1. The third-order valence-corrected chi connectivity index (χ3v) is 3.66. The molecule has 1 aliphatic carbocycles. The minimum absolute atomic E-state index is 0.0468. The van der Waals surface area contributed by atoms with E-state index in [0.717, 1.165) is 24.1 Å². The van der Waals surface area contributed by atoms with Gasteiger partial charge in [0.15, 0.2) is 0 Å². The Morgan fingerprint density at radius 2 is 2.17 bits per heavy atom. The van der Waals surface area contributed by atoms with E-state index in [1.165, 1.54) is 12.0 Å². The molecule has 1 aliphatic rings. The molecule has 2 aromatic rings. The molecule has 2 aromatic heterocycles. The van der Waals surface area contributed by atoms with E-state index in [0.29, 0.717) is 5.92 Å². The molecule has 18 heavy (non-hydrogen) atoms. The Morgan fingerprint density at radius 3 is 3.00 bits per heavy atom. The van der Waals surface area contributed by atoms with Crippen molar-refractivity contribution in [3.8, 4) is 0 Å². The van der Waals surface area contributed by atoms with Crippen LogP contribution in [0.2, 0.25) is 0 Å². The zero-order chi connectivity index (χ0) is 12.4. The third-order valence-electron chi connectivity index (χ3n) is 3.66. The Kier molecular flexibility index (Phi) is 3.02. The number of rotatable bonds is 2. The molecular weight excluding hydrogens is 224 g/mol. The Balaban J connectivity index is 1.94. The summed E-state index contributed by atoms with van der Waals surface area (Å²) in [6.07, 6.45) is 8.68. The SMILES string of the molecule is NC(c1ccnnc1)C1CCCc2cccnc21. The van der Waals surface area contributed by atoms with E-state index in [1.807, 2.05) is 18.3 Å². The van der Waals surface area contributed by atoms with E-state index in [2.05, 4.69) is 21.2 Å². The van der Waals surface area contributed by atoms with Crippen LogP contribution in [0.15, 0.2) is 36.8 Å². The van der Waals surface area contributed by atoms with Crippen LogP contribution in [-0.4, -0.2) is 15.2 Å². The van der Waals surface area contributed by atoms with Crippen molar-refractivity contribution >= 4 is 0 Å². The van der Waals surface area contributed by atoms with E-state index in [9.17, 15) is 0 Å². The highest BCUT2D eigenvalue weighted by molar-refractivity contribution is 5.29. The van der Waals surface area contributed by atoms with Gasteiger partial charge in [-0.25, -0.2) is 0 Å². The van der Waals surface area contributed by atoms with E-state index in [1.54, 1.807) is 12.4 Å². The average molecular weight is 240 g/mol. The molecule has 0 saturated heterocycles. The monoisotopic (exact) mass is 240 g/mol. The maximum Gasteiger partial charge on any atom is 0.0544 e. The Hall–Kier alpha value is -1.81. The summed E-state index contributed by atoms with van der Waals surface area (Å²) in [5, 5.41) is 7.70. The van der Waals surface area contributed by atoms with Crippen LogP contribution < -0.4 is 5.73 Å². The second kappa shape index (κ2) is 4.82. The largest absolute Gasteiger partial charge is 0.323 e. The van der Waals surface area contributed by atoms with E-state index >= 15 is 0 Å². The lowest BCUT2D eigenvalue weighted by Crippen LogP contribution is -2.24. The average Bonchev–Trinajstić information content (AvgIpc) is 2.47. The molecule has 2 unspecified atom stereocenters. The zero-order valence-electron chi connectivity index (χ0n) is 10.2. The van der Waals surface area contributed by atoms with Crippen LogP contribution in [0.5, 0.6) is 0 Å². The Morgan fingerprint density at radius 1 is 1.22 bits per heavy atom. The summed E-state index contributed by atoms with van der Waals surface area (Å²) in [4.78, 5) is 4.53. The van der Waals surface area contributed by atoms with Crippen molar-refractivity contribution < 1.29 is 0 Å². The van der Waals surface area contributed by atoms with Crippen molar-refractivity contribution in [3.05, 3.63) is 53.6 Å². The number of nitrogens with zero attached hydrogens (tertiary/aromatic N) is 3. The summed E-state index contributed by atoms with van der Waals surface area (Å²) in [5.74, 6) is 0.291. The van der Waals surface area contributed by atoms with Gasteiger partial charge in [0.05, 0.1) is 6.20 Å². The van der Waals surface area contributed by atoms with Gasteiger partial charge in [-0.2, -0.15) is 10.2 Å². The summed E-state index contributed by atoms with van der Waals surface area (Å²) in [7, 11) is 0. The van der Waals surface area contributed by atoms with Crippen LogP contribution in [0.1, 0.15) is 41.6 Å². The van der Waals surface area contributed by atoms with Crippen LogP contribution in [-0.2, 0) is 6.42 Å². The lowest BCUT2D eigenvalue weighted by atomic mass is 9.80. The smallest absolute Gasteiger partial charge is 0.0544 e. The number of aryl methyl sites for hydroxylation is 1. The normalized spacial score (nSPS) is 20.2. The number of pyridine rings is 1. The summed E-state index contributed by atoms with van der Waals surface area (Å²) >= 11 is 0. The van der Waals surface area contributed by atoms with Gasteiger partial charge in [0.25, 0.3) is 0 Å². The van der Waals surface area contributed by atoms with Gasteiger partial charge in [0, 0.05) is 30.0 Å². The molecule has 4 heteroatoms. The predicted octanol–water partition coefficient (Wildman–Crippen LogP) is 1.99. The Bertz CT molecular complexity index is 526. The molecule has 4 nitrogen and oxygen atoms in total. The predicted molar refractivity (Wildman–Crippen MR) is 68.9 cm³/mol. The van der Waals surface area contributed by atoms with Gasteiger partial charge >= 0.3 is 0 Å².